The zero-order valence-corrected chi connectivity index (χ0v) is 18.1. The van der Waals surface area contributed by atoms with E-state index in [0.717, 1.165) is 30.5 Å². The Bertz CT molecular complexity index is 1150. The molecule has 0 bridgehead atoms. The van der Waals surface area contributed by atoms with Gasteiger partial charge < -0.3 is 15.0 Å². The van der Waals surface area contributed by atoms with Crippen LogP contribution in [0.15, 0.2) is 48.5 Å². The summed E-state index contributed by atoms with van der Waals surface area (Å²) in [4.78, 5) is 28.0. The fourth-order valence-corrected chi connectivity index (χ4v) is 4.70. The summed E-state index contributed by atoms with van der Waals surface area (Å²) in [5.41, 5.74) is 5.20. The van der Waals surface area contributed by atoms with Crippen molar-refractivity contribution >= 4 is 11.8 Å². The first-order valence-electron chi connectivity index (χ1n) is 11.0. The zero-order valence-electron chi connectivity index (χ0n) is 18.1. The second kappa shape index (κ2) is 8.49. The van der Waals surface area contributed by atoms with Gasteiger partial charge in [-0.1, -0.05) is 24.3 Å². The molecule has 5 rings (SSSR count). The van der Waals surface area contributed by atoms with Gasteiger partial charge in [0.1, 0.15) is 5.75 Å². The minimum absolute atomic E-state index is 0.0135. The predicted octanol–water partition coefficient (Wildman–Crippen LogP) is 3.42. The number of carbonyl (C=O) groups is 2. The van der Waals surface area contributed by atoms with Crippen molar-refractivity contribution in [2.75, 3.05) is 13.7 Å². The van der Waals surface area contributed by atoms with Gasteiger partial charge in [0.25, 0.3) is 11.8 Å². The highest BCUT2D eigenvalue weighted by molar-refractivity contribution is 5.96. The number of methoxy groups -OCH3 is 1. The Hall–Kier alpha value is -3.61. The molecular formula is C25H26N4O3. The second-order valence-electron chi connectivity index (χ2n) is 8.35. The molecule has 0 unspecified atom stereocenters. The van der Waals surface area contributed by atoms with E-state index in [1.54, 1.807) is 36.3 Å². The van der Waals surface area contributed by atoms with E-state index in [1.807, 2.05) is 12.1 Å². The first-order chi connectivity index (χ1) is 15.6. The van der Waals surface area contributed by atoms with Gasteiger partial charge in [-0.2, -0.15) is 5.10 Å². The van der Waals surface area contributed by atoms with Crippen LogP contribution in [0.1, 0.15) is 62.1 Å². The maximum Gasteiger partial charge on any atom is 0.272 e. The van der Waals surface area contributed by atoms with E-state index in [0.29, 0.717) is 36.5 Å². The van der Waals surface area contributed by atoms with Gasteiger partial charge in [0.15, 0.2) is 5.69 Å². The van der Waals surface area contributed by atoms with Crippen molar-refractivity contribution in [2.24, 2.45) is 0 Å². The molecule has 3 aromatic rings. The third kappa shape index (κ3) is 3.75. The number of aromatic nitrogens is 2. The van der Waals surface area contributed by atoms with Crippen LogP contribution in [-0.4, -0.2) is 40.6 Å². The highest BCUT2D eigenvalue weighted by Crippen LogP contribution is 2.30. The molecular weight excluding hydrogens is 404 g/mol. The van der Waals surface area contributed by atoms with E-state index in [1.165, 1.54) is 11.1 Å². The van der Waals surface area contributed by atoms with Crippen molar-refractivity contribution in [1.29, 1.82) is 0 Å². The van der Waals surface area contributed by atoms with Gasteiger partial charge in [-0.15, -0.1) is 0 Å². The topological polar surface area (TPSA) is 87.3 Å². The van der Waals surface area contributed by atoms with E-state index in [-0.39, 0.29) is 17.9 Å². The molecule has 7 nitrogen and oxygen atoms in total. The summed E-state index contributed by atoms with van der Waals surface area (Å²) in [6, 6.07) is 15.4. The van der Waals surface area contributed by atoms with E-state index < -0.39 is 0 Å². The van der Waals surface area contributed by atoms with Gasteiger partial charge >= 0.3 is 0 Å². The van der Waals surface area contributed by atoms with Gasteiger partial charge in [0.2, 0.25) is 0 Å². The summed E-state index contributed by atoms with van der Waals surface area (Å²) >= 11 is 0. The number of carbonyl (C=O) groups excluding carboxylic acids is 2. The van der Waals surface area contributed by atoms with Crippen molar-refractivity contribution in [2.45, 2.75) is 38.3 Å². The number of hydrogen-bond donors (Lipinski definition) is 2. The number of amides is 2. The Morgan fingerprint density at radius 3 is 2.75 bits per heavy atom. The van der Waals surface area contributed by atoms with Gasteiger partial charge in [-0.25, -0.2) is 0 Å². The molecule has 2 aromatic carbocycles. The molecule has 1 aliphatic carbocycles. The lowest BCUT2D eigenvalue weighted by atomic mass is 9.87. The Morgan fingerprint density at radius 1 is 1.12 bits per heavy atom. The van der Waals surface area contributed by atoms with E-state index >= 15 is 0 Å². The van der Waals surface area contributed by atoms with Crippen LogP contribution >= 0.6 is 0 Å². The molecule has 0 radical (unpaired) electrons. The van der Waals surface area contributed by atoms with Crippen LogP contribution in [0.25, 0.3) is 0 Å². The molecule has 2 aliphatic rings. The van der Waals surface area contributed by atoms with Crippen LogP contribution in [0.4, 0.5) is 0 Å². The van der Waals surface area contributed by atoms with Crippen molar-refractivity contribution in [1.82, 2.24) is 20.4 Å². The lowest BCUT2D eigenvalue weighted by Gasteiger charge is -2.28. The SMILES string of the molecule is COc1ccc(C(=O)N2CCc3[nH]nc(C(=O)N[C@@H]4CCCc5ccccc54)c3C2)cc1. The molecule has 0 saturated heterocycles. The summed E-state index contributed by atoms with van der Waals surface area (Å²) in [6.07, 6.45) is 3.65. The smallest absolute Gasteiger partial charge is 0.272 e. The highest BCUT2D eigenvalue weighted by Gasteiger charge is 2.30. The number of hydrogen-bond acceptors (Lipinski definition) is 4. The number of fused-ring (bicyclic) bond motifs is 2. The molecule has 1 atom stereocenters. The number of rotatable bonds is 4. The van der Waals surface area contributed by atoms with Crippen molar-refractivity contribution in [3.05, 3.63) is 82.2 Å². The summed E-state index contributed by atoms with van der Waals surface area (Å²) in [6.45, 7) is 0.942. The van der Waals surface area contributed by atoms with Crippen molar-refractivity contribution in [3.63, 3.8) is 0 Å². The Morgan fingerprint density at radius 2 is 1.94 bits per heavy atom. The molecule has 2 amide bonds. The average Bonchev–Trinajstić information content (AvgIpc) is 3.27. The molecule has 0 fully saturated rings. The van der Waals surface area contributed by atoms with Gasteiger partial charge in [0, 0.05) is 29.8 Å². The lowest BCUT2D eigenvalue weighted by Crippen LogP contribution is -2.37. The lowest BCUT2D eigenvalue weighted by molar-refractivity contribution is 0.0731. The molecule has 32 heavy (non-hydrogen) atoms. The summed E-state index contributed by atoms with van der Waals surface area (Å²) in [5, 5.41) is 10.5. The Kier molecular flexibility index (Phi) is 5.39. The number of nitrogens with zero attached hydrogens (tertiary/aromatic N) is 2. The number of H-pyrrole nitrogens is 1. The number of aromatic amines is 1. The molecule has 0 spiro atoms. The molecule has 2 heterocycles. The molecule has 2 N–H and O–H groups in total. The van der Waals surface area contributed by atoms with E-state index in [2.05, 4.69) is 27.6 Å². The minimum Gasteiger partial charge on any atom is -0.497 e. The summed E-state index contributed by atoms with van der Waals surface area (Å²) in [5.74, 6) is 0.454. The van der Waals surface area contributed by atoms with Crippen molar-refractivity contribution in [3.8, 4) is 5.75 Å². The van der Waals surface area contributed by atoms with Gasteiger partial charge in [-0.05, 0) is 54.7 Å². The fraction of sp³-hybridized carbons (Fsp3) is 0.320. The van der Waals surface area contributed by atoms with Crippen LogP contribution in [0.3, 0.4) is 0 Å². The molecule has 0 saturated carbocycles. The second-order valence-corrected chi connectivity index (χ2v) is 8.35. The Balaban J connectivity index is 1.33. The summed E-state index contributed by atoms with van der Waals surface area (Å²) < 4.78 is 5.18. The number of aryl methyl sites for hydroxylation is 1. The Labute approximate surface area is 186 Å². The van der Waals surface area contributed by atoms with Gasteiger partial charge in [0.05, 0.1) is 19.7 Å². The standard InChI is InChI=1S/C25H26N4O3/c1-32-18-11-9-17(10-12-18)25(31)29-14-13-22-20(15-29)23(28-27-22)24(30)26-21-8-4-6-16-5-2-3-7-19(16)21/h2-3,5,7,9-12,21H,4,6,8,13-15H2,1H3,(H,26,30)(H,27,28)/t21-/m1/s1. The monoisotopic (exact) mass is 430 g/mol. The molecule has 7 heteroatoms. The minimum atomic E-state index is -0.192. The van der Waals surface area contributed by atoms with Crippen molar-refractivity contribution < 1.29 is 14.3 Å². The molecule has 1 aliphatic heterocycles. The van der Waals surface area contributed by atoms with Crippen LogP contribution in [-0.2, 0) is 19.4 Å². The van der Waals surface area contributed by atoms with Crippen LogP contribution in [0.2, 0.25) is 0 Å². The maximum absolute atomic E-state index is 13.2. The molecule has 1 aromatic heterocycles. The highest BCUT2D eigenvalue weighted by atomic mass is 16.5. The van der Waals surface area contributed by atoms with Crippen LogP contribution in [0.5, 0.6) is 5.75 Å². The molecule has 164 valence electrons. The van der Waals surface area contributed by atoms with E-state index in [9.17, 15) is 9.59 Å². The predicted molar refractivity (Wildman–Crippen MR) is 120 cm³/mol. The normalized spacial score (nSPS) is 17.3. The van der Waals surface area contributed by atoms with E-state index in [4.69, 9.17) is 4.74 Å². The largest absolute Gasteiger partial charge is 0.497 e. The number of nitrogens with one attached hydrogen (secondary N) is 2. The fourth-order valence-electron chi connectivity index (χ4n) is 4.70. The zero-order chi connectivity index (χ0) is 22.1. The van der Waals surface area contributed by atoms with Crippen LogP contribution < -0.4 is 10.1 Å². The first kappa shape index (κ1) is 20.3. The maximum atomic E-state index is 13.2. The quantitative estimate of drug-likeness (QED) is 0.664. The first-order valence-corrected chi connectivity index (χ1v) is 11.0. The van der Waals surface area contributed by atoms with Crippen LogP contribution in [0, 0.1) is 0 Å². The number of benzene rings is 2. The third-order valence-electron chi connectivity index (χ3n) is 6.45. The summed E-state index contributed by atoms with van der Waals surface area (Å²) in [7, 11) is 1.60. The third-order valence-corrected chi connectivity index (χ3v) is 6.45. The average molecular weight is 431 g/mol. The van der Waals surface area contributed by atoms with Gasteiger partial charge in [-0.3, -0.25) is 14.7 Å². The number of ether oxygens (including phenoxy) is 1.